The van der Waals surface area contributed by atoms with Crippen molar-refractivity contribution in [3.8, 4) is 0 Å². The predicted octanol–water partition coefficient (Wildman–Crippen LogP) is 3.35. The maximum Gasteiger partial charge on any atom is 0.125 e. The summed E-state index contributed by atoms with van der Waals surface area (Å²) in [4.78, 5) is 2.33. The van der Waals surface area contributed by atoms with Crippen LogP contribution in [-0.4, -0.2) is 25.2 Å². The third-order valence-corrected chi connectivity index (χ3v) is 4.20. The Morgan fingerprint density at radius 2 is 2.05 bits per heavy atom. The summed E-state index contributed by atoms with van der Waals surface area (Å²) in [7, 11) is 0. The minimum Gasteiger partial charge on any atom is -0.367 e. The Morgan fingerprint density at radius 3 is 2.74 bits per heavy atom. The summed E-state index contributed by atoms with van der Waals surface area (Å²) in [6.07, 6.45) is 3.35. The van der Waals surface area contributed by atoms with Gasteiger partial charge in [-0.2, -0.15) is 0 Å². The van der Waals surface area contributed by atoms with E-state index in [-0.39, 0.29) is 5.82 Å². The van der Waals surface area contributed by atoms with Gasteiger partial charge in [0.05, 0.1) is 0 Å². The molecule has 1 aliphatic rings. The van der Waals surface area contributed by atoms with E-state index in [4.69, 9.17) is 0 Å². The van der Waals surface area contributed by atoms with Crippen LogP contribution in [0.5, 0.6) is 0 Å². The first-order chi connectivity index (χ1) is 9.15. The Labute approximate surface area is 116 Å². The summed E-state index contributed by atoms with van der Waals surface area (Å²) in [6.45, 7) is 8.61. The summed E-state index contributed by atoms with van der Waals surface area (Å²) >= 11 is 0. The summed E-state index contributed by atoms with van der Waals surface area (Å²) in [6, 6.07) is 6.16. The molecule has 0 saturated heterocycles. The van der Waals surface area contributed by atoms with Crippen LogP contribution in [0.15, 0.2) is 18.2 Å². The fourth-order valence-electron chi connectivity index (χ4n) is 2.86. The molecule has 0 bridgehead atoms. The van der Waals surface area contributed by atoms with Crippen LogP contribution in [0.2, 0.25) is 0 Å². The van der Waals surface area contributed by atoms with Crippen molar-refractivity contribution in [3.05, 3.63) is 29.6 Å². The normalized spacial score (nSPS) is 15.9. The Bertz CT molecular complexity index is 415. The quantitative estimate of drug-likeness (QED) is 0.847. The van der Waals surface area contributed by atoms with Crippen LogP contribution < -0.4 is 10.2 Å². The zero-order valence-corrected chi connectivity index (χ0v) is 12.2. The van der Waals surface area contributed by atoms with Gasteiger partial charge in [0.25, 0.3) is 0 Å². The molecule has 0 radical (unpaired) electrons. The number of hydrogen-bond donors (Lipinski definition) is 1. The van der Waals surface area contributed by atoms with Gasteiger partial charge in [-0.05, 0) is 43.9 Å². The lowest BCUT2D eigenvalue weighted by Crippen LogP contribution is -2.42. The Balaban J connectivity index is 1.98. The maximum atomic E-state index is 13.4. The molecule has 0 fully saturated rings. The molecule has 3 heteroatoms. The summed E-state index contributed by atoms with van der Waals surface area (Å²) < 4.78 is 13.4. The van der Waals surface area contributed by atoms with Crippen molar-refractivity contribution >= 4 is 5.69 Å². The van der Waals surface area contributed by atoms with Gasteiger partial charge in [0.2, 0.25) is 0 Å². The molecule has 19 heavy (non-hydrogen) atoms. The lowest BCUT2D eigenvalue weighted by Gasteiger charge is -2.29. The zero-order chi connectivity index (χ0) is 13.8. The van der Waals surface area contributed by atoms with Crippen molar-refractivity contribution in [1.29, 1.82) is 0 Å². The van der Waals surface area contributed by atoms with E-state index in [1.165, 1.54) is 5.56 Å². The number of halogens is 1. The molecule has 1 N–H and O–H groups in total. The van der Waals surface area contributed by atoms with Gasteiger partial charge in [-0.25, -0.2) is 4.39 Å². The second-order valence-electron chi connectivity index (χ2n) is 5.49. The first-order valence-corrected chi connectivity index (χ1v) is 7.44. The van der Waals surface area contributed by atoms with Crippen LogP contribution >= 0.6 is 0 Å². The molecule has 0 saturated carbocycles. The lowest BCUT2D eigenvalue weighted by atomic mass is 10.1. The minimum atomic E-state index is -0.134. The standard InChI is InChI=1S/C16H25FN2/c1-4-15(5-2)18-11-12(3)19-9-8-13-6-7-14(17)10-16(13)19/h6-7,10,12,15,18H,4-5,8-9,11H2,1-3H3. The summed E-state index contributed by atoms with van der Waals surface area (Å²) in [5.74, 6) is -0.134. The third-order valence-electron chi connectivity index (χ3n) is 4.20. The van der Waals surface area contributed by atoms with Gasteiger partial charge in [0, 0.05) is 30.9 Å². The van der Waals surface area contributed by atoms with E-state index in [9.17, 15) is 4.39 Å². The average molecular weight is 264 g/mol. The van der Waals surface area contributed by atoms with Crippen LogP contribution in [0.4, 0.5) is 10.1 Å². The monoisotopic (exact) mass is 264 g/mol. The van der Waals surface area contributed by atoms with E-state index in [0.29, 0.717) is 12.1 Å². The van der Waals surface area contributed by atoms with Gasteiger partial charge >= 0.3 is 0 Å². The molecular weight excluding hydrogens is 239 g/mol. The van der Waals surface area contributed by atoms with E-state index in [0.717, 1.165) is 38.0 Å². The van der Waals surface area contributed by atoms with Crippen LogP contribution in [0.25, 0.3) is 0 Å². The largest absolute Gasteiger partial charge is 0.367 e. The molecule has 1 heterocycles. The maximum absolute atomic E-state index is 13.4. The minimum absolute atomic E-state index is 0.134. The van der Waals surface area contributed by atoms with Crippen molar-refractivity contribution in [2.45, 2.75) is 52.1 Å². The zero-order valence-electron chi connectivity index (χ0n) is 12.2. The van der Waals surface area contributed by atoms with Crippen LogP contribution in [0, 0.1) is 5.82 Å². The number of nitrogens with zero attached hydrogens (tertiary/aromatic N) is 1. The molecule has 0 amide bonds. The molecule has 1 aromatic carbocycles. The summed E-state index contributed by atoms with van der Waals surface area (Å²) in [5, 5.41) is 3.61. The van der Waals surface area contributed by atoms with Crippen molar-refractivity contribution in [3.63, 3.8) is 0 Å². The Kier molecular flexibility index (Phi) is 4.81. The molecule has 1 unspecified atom stereocenters. The molecule has 2 nitrogen and oxygen atoms in total. The number of rotatable bonds is 6. The van der Waals surface area contributed by atoms with Crippen LogP contribution in [-0.2, 0) is 6.42 Å². The second kappa shape index (κ2) is 6.38. The van der Waals surface area contributed by atoms with E-state index in [2.05, 4.69) is 31.0 Å². The Morgan fingerprint density at radius 1 is 1.32 bits per heavy atom. The van der Waals surface area contributed by atoms with Gasteiger partial charge in [0.1, 0.15) is 5.82 Å². The molecule has 2 rings (SSSR count). The molecule has 0 aromatic heterocycles. The Hall–Kier alpha value is -1.09. The molecule has 0 aliphatic carbocycles. The summed E-state index contributed by atoms with van der Waals surface area (Å²) in [5.41, 5.74) is 2.36. The number of benzene rings is 1. The number of nitrogens with one attached hydrogen (secondary N) is 1. The SMILES string of the molecule is CCC(CC)NCC(C)N1CCc2ccc(F)cc21. The topological polar surface area (TPSA) is 15.3 Å². The lowest BCUT2D eigenvalue weighted by molar-refractivity contribution is 0.457. The number of hydrogen-bond acceptors (Lipinski definition) is 2. The number of anilines is 1. The fourth-order valence-corrected chi connectivity index (χ4v) is 2.86. The van der Waals surface area contributed by atoms with Gasteiger partial charge in [-0.3, -0.25) is 0 Å². The molecule has 1 aromatic rings. The highest BCUT2D eigenvalue weighted by Crippen LogP contribution is 2.30. The van der Waals surface area contributed by atoms with Gasteiger partial charge < -0.3 is 10.2 Å². The van der Waals surface area contributed by atoms with Crippen molar-refractivity contribution < 1.29 is 4.39 Å². The molecule has 106 valence electrons. The van der Waals surface area contributed by atoms with E-state index >= 15 is 0 Å². The average Bonchev–Trinajstić information content (AvgIpc) is 2.82. The molecular formula is C16H25FN2. The highest BCUT2D eigenvalue weighted by Gasteiger charge is 2.23. The molecule has 1 atom stereocenters. The van der Waals surface area contributed by atoms with Crippen molar-refractivity contribution in [2.75, 3.05) is 18.0 Å². The van der Waals surface area contributed by atoms with Crippen LogP contribution in [0.1, 0.15) is 39.2 Å². The highest BCUT2D eigenvalue weighted by atomic mass is 19.1. The van der Waals surface area contributed by atoms with Gasteiger partial charge in [0.15, 0.2) is 0 Å². The number of fused-ring (bicyclic) bond motifs is 1. The van der Waals surface area contributed by atoms with Crippen molar-refractivity contribution in [2.24, 2.45) is 0 Å². The van der Waals surface area contributed by atoms with E-state index in [1.807, 2.05) is 6.07 Å². The highest BCUT2D eigenvalue weighted by molar-refractivity contribution is 5.58. The molecule has 0 spiro atoms. The van der Waals surface area contributed by atoms with Crippen LogP contribution in [0.3, 0.4) is 0 Å². The third kappa shape index (κ3) is 3.27. The smallest absolute Gasteiger partial charge is 0.125 e. The van der Waals surface area contributed by atoms with Crippen molar-refractivity contribution in [1.82, 2.24) is 5.32 Å². The van der Waals surface area contributed by atoms with E-state index in [1.54, 1.807) is 12.1 Å². The first kappa shape index (κ1) is 14.3. The first-order valence-electron chi connectivity index (χ1n) is 7.44. The molecule has 1 aliphatic heterocycles. The van der Waals surface area contributed by atoms with E-state index < -0.39 is 0 Å². The van der Waals surface area contributed by atoms with Gasteiger partial charge in [-0.15, -0.1) is 0 Å². The second-order valence-corrected chi connectivity index (χ2v) is 5.49. The predicted molar refractivity (Wildman–Crippen MR) is 79.3 cm³/mol. The fraction of sp³-hybridized carbons (Fsp3) is 0.625. The van der Waals surface area contributed by atoms with Gasteiger partial charge in [-0.1, -0.05) is 19.9 Å².